The number of methoxy groups -OCH3 is 2. The molecule has 13 heteroatoms. The van der Waals surface area contributed by atoms with Crippen molar-refractivity contribution in [3.63, 3.8) is 0 Å². The Balaban J connectivity index is 1.51. The Morgan fingerprint density at radius 3 is 1.38 bits per heavy atom. The zero-order valence-corrected chi connectivity index (χ0v) is 22.9. The van der Waals surface area contributed by atoms with Crippen LogP contribution in [0.15, 0.2) is 107 Å². The van der Waals surface area contributed by atoms with Crippen LogP contribution in [0.2, 0.25) is 0 Å². The second-order valence-corrected chi connectivity index (χ2v) is 11.1. The summed E-state index contributed by atoms with van der Waals surface area (Å²) >= 11 is 0. The molecule has 4 aromatic carbocycles. The van der Waals surface area contributed by atoms with Crippen LogP contribution in [0.3, 0.4) is 0 Å². The van der Waals surface area contributed by atoms with Crippen LogP contribution in [0.25, 0.3) is 0 Å². The number of hydrogen-bond donors (Lipinski definition) is 2. The molecule has 0 aliphatic rings. The number of nitrogens with one attached hydrogen (secondary N) is 2. The molecule has 0 unspecified atom stereocenters. The van der Waals surface area contributed by atoms with Gasteiger partial charge in [0.05, 0.1) is 25.6 Å². The van der Waals surface area contributed by atoms with E-state index in [0.717, 1.165) is 0 Å². The predicted molar refractivity (Wildman–Crippen MR) is 147 cm³/mol. The van der Waals surface area contributed by atoms with E-state index in [9.17, 15) is 21.6 Å². The Hall–Kier alpha value is -4.75. The van der Waals surface area contributed by atoms with Crippen LogP contribution in [-0.2, 0) is 20.2 Å². The van der Waals surface area contributed by atoms with Crippen LogP contribution in [0, 0.1) is 0 Å². The van der Waals surface area contributed by atoms with E-state index in [-0.39, 0.29) is 32.7 Å². The van der Waals surface area contributed by atoms with Crippen LogP contribution in [-0.4, -0.2) is 37.1 Å². The highest BCUT2D eigenvalue weighted by Gasteiger charge is 2.22. The molecule has 0 heterocycles. The smallest absolute Gasteiger partial charge is 0.339 e. The lowest BCUT2D eigenvalue weighted by atomic mass is 10.3. The Labute approximate surface area is 231 Å². The van der Waals surface area contributed by atoms with Crippen molar-refractivity contribution in [3.8, 4) is 23.0 Å². The molecule has 0 atom stereocenters. The van der Waals surface area contributed by atoms with Crippen molar-refractivity contribution < 1.29 is 39.5 Å². The van der Waals surface area contributed by atoms with Gasteiger partial charge in [-0.1, -0.05) is 36.4 Å². The molecular weight excluding hydrogens is 560 g/mol. The molecule has 0 spiro atoms. The number of hydrogen-bond acceptors (Lipinski definition) is 9. The minimum absolute atomic E-state index is 0.0360. The summed E-state index contributed by atoms with van der Waals surface area (Å²) in [6.07, 6.45) is 0. The number of anilines is 2. The first-order valence-electron chi connectivity index (χ1n) is 11.5. The van der Waals surface area contributed by atoms with Gasteiger partial charge in [0.25, 0.3) is 0 Å². The lowest BCUT2D eigenvalue weighted by molar-refractivity contribution is 0.262. The van der Waals surface area contributed by atoms with E-state index < -0.39 is 26.3 Å². The fourth-order valence-corrected chi connectivity index (χ4v) is 5.37. The van der Waals surface area contributed by atoms with Crippen molar-refractivity contribution in [1.29, 1.82) is 0 Å². The Morgan fingerprint density at radius 1 is 0.575 bits per heavy atom. The van der Waals surface area contributed by atoms with Gasteiger partial charge in [-0.2, -0.15) is 16.8 Å². The largest absolute Gasteiger partial charge is 0.497 e. The minimum atomic E-state index is -4.27. The average Bonchev–Trinajstić information content (AvgIpc) is 2.95. The number of carbonyl (C=O) groups excluding carboxylic acids is 1. The summed E-state index contributed by atoms with van der Waals surface area (Å²) in [6.45, 7) is 0. The summed E-state index contributed by atoms with van der Waals surface area (Å²) in [5.74, 6) is 0.353. The van der Waals surface area contributed by atoms with E-state index in [4.69, 9.17) is 17.8 Å². The standard InChI is InChI=1S/C27H24N2O9S2/c1-35-19-9-7-11-21(17-19)39(31,32)37-25-15-5-3-13-23(25)28-27(30)29-24-14-4-6-16-26(24)38-40(33,34)22-12-8-10-20(18-22)36-2/h3-18H,1-2H3,(H2,28,29,30). The van der Waals surface area contributed by atoms with Gasteiger partial charge in [0.15, 0.2) is 11.5 Å². The monoisotopic (exact) mass is 584 g/mol. The lowest BCUT2D eigenvalue weighted by Gasteiger charge is -2.15. The lowest BCUT2D eigenvalue weighted by Crippen LogP contribution is -2.21. The SMILES string of the molecule is COc1cccc(S(=O)(=O)Oc2ccccc2NC(=O)Nc2ccccc2OS(=O)(=O)c2cccc(OC)c2)c1. The molecule has 2 N–H and O–H groups in total. The Bertz CT molecular complexity index is 1610. The average molecular weight is 585 g/mol. The van der Waals surface area contributed by atoms with Crippen molar-refractivity contribution in [2.75, 3.05) is 24.9 Å². The molecule has 0 saturated heterocycles. The van der Waals surface area contributed by atoms with Crippen molar-refractivity contribution in [2.45, 2.75) is 9.79 Å². The van der Waals surface area contributed by atoms with Gasteiger partial charge in [-0.05, 0) is 48.5 Å². The van der Waals surface area contributed by atoms with Crippen molar-refractivity contribution in [3.05, 3.63) is 97.1 Å². The molecule has 11 nitrogen and oxygen atoms in total. The molecule has 2 amide bonds. The third kappa shape index (κ3) is 6.81. The summed E-state index contributed by atoms with van der Waals surface area (Å²) in [5.41, 5.74) is 0.0720. The van der Waals surface area contributed by atoms with Crippen molar-refractivity contribution >= 4 is 37.6 Å². The van der Waals surface area contributed by atoms with Crippen LogP contribution >= 0.6 is 0 Å². The van der Waals surface area contributed by atoms with Crippen molar-refractivity contribution in [1.82, 2.24) is 0 Å². The maximum atomic E-state index is 12.9. The number of rotatable bonds is 10. The van der Waals surface area contributed by atoms with Gasteiger partial charge in [0.2, 0.25) is 0 Å². The van der Waals surface area contributed by atoms with E-state index in [1.807, 2.05) is 0 Å². The number of benzene rings is 4. The van der Waals surface area contributed by atoms with Gasteiger partial charge in [-0.15, -0.1) is 0 Å². The highest BCUT2D eigenvalue weighted by molar-refractivity contribution is 7.87. The summed E-state index contributed by atoms with van der Waals surface area (Å²) in [7, 11) is -5.73. The Morgan fingerprint density at radius 2 is 0.975 bits per heavy atom. The minimum Gasteiger partial charge on any atom is -0.497 e. The second-order valence-electron chi connectivity index (χ2n) is 8.00. The molecule has 40 heavy (non-hydrogen) atoms. The summed E-state index contributed by atoms with van der Waals surface area (Å²) in [4.78, 5) is 12.6. The predicted octanol–water partition coefficient (Wildman–Crippen LogP) is 4.88. The van der Waals surface area contributed by atoms with E-state index in [0.29, 0.717) is 11.5 Å². The van der Waals surface area contributed by atoms with Gasteiger partial charge < -0.3 is 28.5 Å². The molecular formula is C27H24N2O9S2. The van der Waals surface area contributed by atoms with E-state index in [1.54, 1.807) is 24.3 Å². The van der Waals surface area contributed by atoms with Crippen LogP contribution in [0.1, 0.15) is 0 Å². The molecule has 0 saturated carbocycles. The number of ether oxygens (including phenoxy) is 2. The Kier molecular flexibility index (Phi) is 8.46. The topological polar surface area (TPSA) is 146 Å². The highest BCUT2D eigenvalue weighted by Crippen LogP contribution is 2.31. The van der Waals surface area contributed by atoms with Gasteiger partial charge >= 0.3 is 26.3 Å². The maximum Gasteiger partial charge on any atom is 0.339 e. The van der Waals surface area contributed by atoms with Crippen LogP contribution in [0.4, 0.5) is 16.2 Å². The summed E-state index contributed by atoms with van der Waals surface area (Å²) in [6, 6.07) is 22.5. The van der Waals surface area contributed by atoms with Crippen molar-refractivity contribution in [2.24, 2.45) is 0 Å². The number of urea groups is 1. The first-order chi connectivity index (χ1) is 19.1. The van der Waals surface area contributed by atoms with Gasteiger partial charge in [-0.3, -0.25) is 0 Å². The van der Waals surface area contributed by atoms with Gasteiger partial charge in [0, 0.05) is 12.1 Å². The number of carbonyl (C=O) groups is 1. The third-order valence-corrected chi connectivity index (χ3v) is 7.79. The highest BCUT2D eigenvalue weighted by atomic mass is 32.2. The summed E-state index contributed by atoms with van der Waals surface area (Å²) < 4.78 is 72.1. The van der Waals surface area contributed by atoms with Gasteiger partial charge in [0.1, 0.15) is 21.3 Å². The molecule has 0 bridgehead atoms. The number of para-hydroxylation sites is 4. The zero-order chi connectivity index (χ0) is 28.8. The summed E-state index contributed by atoms with van der Waals surface area (Å²) in [5, 5.41) is 5.01. The first-order valence-corrected chi connectivity index (χ1v) is 14.4. The van der Waals surface area contributed by atoms with Crippen LogP contribution in [0.5, 0.6) is 23.0 Å². The van der Waals surface area contributed by atoms with Crippen LogP contribution < -0.4 is 28.5 Å². The molecule has 0 fully saturated rings. The molecule has 4 aromatic rings. The van der Waals surface area contributed by atoms with E-state index >= 15 is 0 Å². The fourth-order valence-electron chi connectivity index (χ4n) is 3.41. The third-order valence-electron chi connectivity index (χ3n) is 5.33. The molecule has 0 aliphatic carbocycles. The van der Waals surface area contributed by atoms with E-state index in [1.165, 1.54) is 87.0 Å². The van der Waals surface area contributed by atoms with Gasteiger partial charge in [-0.25, -0.2) is 4.79 Å². The fraction of sp³-hybridized carbons (Fsp3) is 0.0741. The second kappa shape index (κ2) is 12.0. The molecule has 0 aliphatic heterocycles. The molecule has 208 valence electrons. The number of amides is 2. The first kappa shape index (κ1) is 28.3. The molecule has 0 aromatic heterocycles. The quantitative estimate of drug-likeness (QED) is 0.249. The van der Waals surface area contributed by atoms with E-state index in [2.05, 4.69) is 10.6 Å². The molecule has 4 rings (SSSR count). The molecule has 0 radical (unpaired) electrons. The maximum absolute atomic E-state index is 12.9. The normalized spacial score (nSPS) is 11.2. The zero-order valence-electron chi connectivity index (χ0n) is 21.2.